The lowest BCUT2D eigenvalue weighted by molar-refractivity contribution is 0.592. The molecule has 0 aliphatic carbocycles. The smallest absolute Gasteiger partial charge is 0.264 e. The number of nitriles is 1. The standard InChI is InChI=1S/C20H14ClN3O2S/c21-16-5-7-17(8-6-16)27(25,26)24-10-9-18-19(12-23-13-20(18)24)15-3-1-14(11-22)2-4-15/h1-8,12-13H,9-10H2. The maximum atomic E-state index is 13.1. The van der Waals surface area contributed by atoms with Gasteiger partial charge in [-0.05, 0) is 53.9 Å². The first-order chi connectivity index (χ1) is 13.0. The predicted molar refractivity (Wildman–Crippen MR) is 104 cm³/mol. The second-order valence-corrected chi connectivity index (χ2v) is 8.45. The summed E-state index contributed by atoms with van der Waals surface area (Å²) in [6.45, 7) is 0.356. The van der Waals surface area contributed by atoms with E-state index in [4.69, 9.17) is 16.9 Å². The van der Waals surface area contributed by atoms with Crippen LogP contribution in [-0.2, 0) is 16.4 Å². The van der Waals surface area contributed by atoms with Gasteiger partial charge < -0.3 is 0 Å². The summed E-state index contributed by atoms with van der Waals surface area (Å²) in [7, 11) is -3.69. The van der Waals surface area contributed by atoms with Crippen molar-refractivity contribution in [2.45, 2.75) is 11.3 Å². The van der Waals surface area contributed by atoms with Gasteiger partial charge in [-0.15, -0.1) is 0 Å². The molecule has 1 aliphatic rings. The van der Waals surface area contributed by atoms with Crippen molar-refractivity contribution in [1.29, 1.82) is 5.26 Å². The van der Waals surface area contributed by atoms with E-state index in [1.54, 1.807) is 36.7 Å². The zero-order valence-corrected chi connectivity index (χ0v) is 15.7. The molecule has 2 heterocycles. The van der Waals surface area contributed by atoms with Gasteiger partial charge in [0, 0.05) is 23.3 Å². The molecule has 0 bridgehead atoms. The number of nitrogens with zero attached hydrogens (tertiary/aromatic N) is 3. The van der Waals surface area contributed by atoms with Gasteiger partial charge in [-0.1, -0.05) is 23.7 Å². The van der Waals surface area contributed by atoms with Crippen molar-refractivity contribution in [3.8, 4) is 17.2 Å². The third-order valence-corrected chi connectivity index (χ3v) is 6.67. The fraction of sp³-hybridized carbons (Fsp3) is 0.100. The van der Waals surface area contributed by atoms with E-state index in [1.807, 2.05) is 12.1 Å². The van der Waals surface area contributed by atoms with E-state index in [2.05, 4.69) is 11.1 Å². The minimum Gasteiger partial charge on any atom is -0.264 e. The Morgan fingerprint density at radius 1 is 1.04 bits per heavy atom. The van der Waals surface area contributed by atoms with Crippen LogP contribution in [0.4, 0.5) is 5.69 Å². The number of fused-ring (bicyclic) bond motifs is 1. The van der Waals surface area contributed by atoms with Gasteiger partial charge in [0.15, 0.2) is 0 Å². The molecule has 3 aromatic rings. The molecule has 0 saturated carbocycles. The number of hydrogen-bond donors (Lipinski definition) is 0. The van der Waals surface area contributed by atoms with E-state index >= 15 is 0 Å². The van der Waals surface area contributed by atoms with E-state index in [-0.39, 0.29) is 4.90 Å². The van der Waals surface area contributed by atoms with E-state index < -0.39 is 10.0 Å². The minimum absolute atomic E-state index is 0.198. The molecule has 0 spiro atoms. The molecule has 0 saturated heterocycles. The lowest BCUT2D eigenvalue weighted by atomic mass is 9.99. The summed E-state index contributed by atoms with van der Waals surface area (Å²) >= 11 is 5.87. The normalized spacial score (nSPS) is 13.3. The SMILES string of the molecule is N#Cc1ccc(-c2cncc3c2CCN3S(=O)(=O)c2ccc(Cl)cc2)cc1. The van der Waals surface area contributed by atoms with Crippen LogP contribution in [0.5, 0.6) is 0 Å². The number of sulfonamides is 1. The summed E-state index contributed by atoms with van der Waals surface area (Å²) in [6, 6.07) is 15.4. The maximum absolute atomic E-state index is 13.1. The number of hydrogen-bond acceptors (Lipinski definition) is 4. The van der Waals surface area contributed by atoms with Gasteiger partial charge in [-0.25, -0.2) is 8.42 Å². The van der Waals surface area contributed by atoms with Gasteiger partial charge in [-0.3, -0.25) is 9.29 Å². The highest BCUT2D eigenvalue weighted by atomic mass is 35.5. The van der Waals surface area contributed by atoms with Crippen LogP contribution in [0, 0.1) is 11.3 Å². The van der Waals surface area contributed by atoms with Crippen LogP contribution in [0.1, 0.15) is 11.1 Å². The lowest BCUT2D eigenvalue weighted by Crippen LogP contribution is -2.29. The van der Waals surface area contributed by atoms with Gasteiger partial charge in [0.05, 0.1) is 28.4 Å². The molecule has 2 aromatic carbocycles. The predicted octanol–water partition coefficient (Wildman–Crippen LogP) is 4.03. The number of anilines is 1. The first kappa shape index (κ1) is 17.5. The highest BCUT2D eigenvalue weighted by Crippen LogP contribution is 2.38. The number of pyridine rings is 1. The first-order valence-electron chi connectivity index (χ1n) is 8.26. The average Bonchev–Trinajstić information content (AvgIpc) is 3.13. The average molecular weight is 396 g/mol. The fourth-order valence-electron chi connectivity index (χ4n) is 3.24. The number of aromatic nitrogens is 1. The lowest BCUT2D eigenvalue weighted by Gasteiger charge is -2.19. The molecule has 0 unspecified atom stereocenters. The van der Waals surface area contributed by atoms with Crippen molar-refractivity contribution in [2.75, 3.05) is 10.8 Å². The molecule has 0 radical (unpaired) electrons. The molecule has 134 valence electrons. The zero-order chi connectivity index (χ0) is 19.0. The van der Waals surface area contributed by atoms with Crippen LogP contribution in [0.25, 0.3) is 11.1 Å². The molecule has 5 nitrogen and oxygen atoms in total. The third-order valence-electron chi connectivity index (χ3n) is 4.59. The van der Waals surface area contributed by atoms with Crippen LogP contribution in [0.3, 0.4) is 0 Å². The summed E-state index contributed by atoms with van der Waals surface area (Å²) in [5.41, 5.74) is 3.89. The Balaban J connectivity index is 1.77. The zero-order valence-electron chi connectivity index (χ0n) is 14.1. The fourth-order valence-corrected chi connectivity index (χ4v) is 4.85. The molecule has 0 fully saturated rings. The van der Waals surface area contributed by atoms with Crippen LogP contribution >= 0.6 is 11.6 Å². The van der Waals surface area contributed by atoms with Crippen molar-refractivity contribution in [1.82, 2.24) is 4.98 Å². The quantitative estimate of drug-likeness (QED) is 0.671. The Hall–Kier alpha value is -2.88. The van der Waals surface area contributed by atoms with Crippen LogP contribution < -0.4 is 4.31 Å². The van der Waals surface area contributed by atoms with Crippen molar-refractivity contribution < 1.29 is 8.42 Å². The number of benzene rings is 2. The Labute approximate surface area is 162 Å². The molecule has 7 heteroatoms. The van der Waals surface area contributed by atoms with Crippen molar-refractivity contribution in [2.24, 2.45) is 0 Å². The van der Waals surface area contributed by atoms with Gasteiger partial charge >= 0.3 is 0 Å². The van der Waals surface area contributed by atoms with Gasteiger partial charge in [0.1, 0.15) is 0 Å². The first-order valence-corrected chi connectivity index (χ1v) is 10.1. The third kappa shape index (κ3) is 3.05. The van der Waals surface area contributed by atoms with Crippen molar-refractivity contribution in [3.05, 3.63) is 77.1 Å². The van der Waals surface area contributed by atoms with Crippen LogP contribution in [0.15, 0.2) is 65.8 Å². The Bertz CT molecular complexity index is 1150. The summed E-state index contributed by atoms with van der Waals surface area (Å²) < 4.78 is 27.5. The van der Waals surface area contributed by atoms with E-state index in [1.165, 1.54) is 16.4 Å². The maximum Gasteiger partial charge on any atom is 0.264 e. The summed E-state index contributed by atoms with van der Waals surface area (Å²) in [6.07, 6.45) is 3.92. The Morgan fingerprint density at radius 2 is 1.74 bits per heavy atom. The molecule has 1 aliphatic heterocycles. The van der Waals surface area contributed by atoms with E-state index in [9.17, 15) is 8.42 Å². The molecule has 0 atom stereocenters. The topological polar surface area (TPSA) is 74.1 Å². The second kappa shape index (κ2) is 6.69. The van der Waals surface area contributed by atoms with E-state index in [0.717, 1.165) is 16.7 Å². The molecule has 1 aromatic heterocycles. The number of halogens is 1. The van der Waals surface area contributed by atoms with Gasteiger partial charge in [0.2, 0.25) is 0 Å². The summed E-state index contributed by atoms with van der Waals surface area (Å²) in [4.78, 5) is 4.45. The van der Waals surface area contributed by atoms with Gasteiger partial charge in [0.25, 0.3) is 10.0 Å². The van der Waals surface area contributed by atoms with E-state index in [0.29, 0.717) is 29.2 Å². The highest BCUT2D eigenvalue weighted by molar-refractivity contribution is 7.92. The molecule has 4 rings (SSSR count). The van der Waals surface area contributed by atoms with Crippen LogP contribution in [-0.4, -0.2) is 19.9 Å². The molecule has 0 N–H and O–H groups in total. The second-order valence-electron chi connectivity index (χ2n) is 6.15. The van der Waals surface area contributed by atoms with Gasteiger partial charge in [-0.2, -0.15) is 5.26 Å². The van der Waals surface area contributed by atoms with Crippen molar-refractivity contribution >= 4 is 27.3 Å². The Kier molecular flexibility index (Phi) is 4.34. The monoisotopic (exact) mass is 395 g/mol. The molecule has 27 heavy (non-hydrogen) atoms. The highest BCUT2D eigenvalue weighted by Gasteiger charge is 2.32. The van der Waals surface area contributed by atoms with Crippen LogP contribution in [0.2, 0.25) is 5.02 Å². The largest absolute Gasteiger partial charge is 0.264 e. The molecular formula is C20H14ClN3O2S. The summed E-state index contributed by atoms with van der Waals surface area (Å²) in [5.74, 6) is 0. The Morgan fingerprint density at radius 3 is 2.41 bits per heavy atom. The summed E-state index contributed by atoms with van der Waals surface area (Å²) in [5, 5.41) is 9.45. The van der Waals surface area contributed by atoms with Crippen molar-refractivity contribution in [3.63, 3.8) is 0 Å². The number of rotatable bonds is 3. The minimum atomic E-state index is -3.69. The molecule has 0 amide bonds. The molecular weight excluding hydrogens is 382 g/mol.